The predicted molar refractivity (Wildman–Crippen MR) is 87.1 cm³/mol. The molecule has 0 aliphatic heterocycles. The normalized spacial score (nSPS) is 10.9. The number of hydrogen-bond donors (Lipinski definition) is 1. The van der Waals surface area contributed by atoms with Crippen molar-refractivity contribution >= 4 is 55.9 Å². The van der Waals surface area contributed by atoms with Crippen LogP contribution in [0.25, 0.3) is 22.0 Å². The Balaban J connectivity index is 2.42. The fourth-order valence-electron chi connectivity index (χ4n) is 2.07. The van der Waals surface area contributed by atoms with Crippen LogP contribution in [0.1, 0.15) is 0 Å². The van der Waals surface area contributed by atoms with Crippen LogP contribution < -0.4 is 5.73 Å². The van der Waals surface area contributed by atoms with Gasteiger partial charge in [-0.15, -0.1) is 0 Å². The highest BCUT2D eigenvalue weighted by molar-refractivity contribution is 9.10. The van der Waals surface area contributed by atoms with E-state index < -0.39 is 0 Å². The zero-order valence-corrected chi connectivity index (χ0v) is 13.2. The van der Waals surface area contributed by atoms with E-state index in [9.17, 15) is 0 Å². The number of nitrogens with zero attached hydrogens (tertiary/aromatic N) is 2. The van der Waals surface area contributed by atoms with Gasteiger partial charge < -0.3 is 5.73 Å². The Morgan fingerprint density at radius 2 is 1.85 bits per heavy atom. The summed E-state index contributed by atoms with van der Waals surface area (Å²) in [5, 5.41) is 1.76. The molecule has 3 nitrogen and oxygen atoms in total. The molecule has 0 saturated heterocycles. The van der Waals surface area contributed by atoms with Gasteiger partial charge in [0.1, 0.15) is 12.1 Å². The van der Waals surface area contributed by atoms with Gasteiger partial charge in [-0.1, -0.05) is 51.3 Å². The van der Waals surface area contributed by atoms with E-state index in [4.69, 9.17) is 28.9 Å². The molecule has 6 heteroatoms. The van der Waals surface area contributed by atoms with E-state index in [1.807, 2.05) is 24.3 Å². The SMILES string of the molecule is Nc1ncnc2c(-c3cccc(Cl)c3Cl)cc(Br)cc12. The highest BCUT2D eigenvalue weighted by Crippen LogP contribution is 2.38. The van der Waals surface area contributed by atoms with Crippen molar-refractivity contribution in [1.82, 2.24) is 9.97 Å². The van der Waals surface area contributed by atoms with Gasteiger partial charge in [-0.2, -0.15) is 0 Å². The number of rotatable bonds is 1. The summed E-state index contributed by atoms with van der Waals surface area (Å²) in [5.41, 5.74) is 8.32. The first-order valence-corrected chi connectivity index (χ1v) is 7.27. The summed E-state index contributed by atoms with van der Waals surface area (Å²) in [7, 11) is 0. The Labute approximate surface area is 133 Å². The fourth-order valence-corrected chi connectivity index (χ4v) is 2.93. The zero-order valence-electron chi connectivity index (χ0n) is 10.1. The van der Waals surface area contributed by atoms with Crippen LogP contribution in [-0.2, 0) is 0 Å². The number of nitrogen functional groups attached to an aromatic ring is 1. The number of nitrogens with two attached hydrogens (primary N) is 1. The lowest BCUT2D eigenvalue weighted by atomic mass is 10.0. The maximum atomic E-state index is 6.30. The molecule has 0 radical (unpaired) electrons. The maximum Gasteiger partial charge on any atom is 0.134 e. The van der Waals surface area contributed by atoms with Crippen LogP contribution in [-0.4, -0.2) is 9.97 Å². The van der Waals surface area contributed by atoms with Crippen molar-refractivity contribution in [1.29, 1.82) is 0 Å². The van der Waals surface area contributed by atoms with Crippen molar-refractivity contribution in [2.24, 2.45) is 0 Å². The molecule has 0 bridgehead atoms. The molecule has 0 atom stereocenters. The van der Waals surface area contributed by atoms with Gasteiger partial charge >= 0.3 is 0 Å². The number of hydrogen-bond acceptors (Lipinski definition) is 3. The van der Waals surface area contributed by atoms with E-state index in [1.54, 1.807) is 6.07 Å². The Morgan fingerprint density at radius 1 is 1.05 bits per heavy atom. The lowest BCUT2D eigenvalue weighted by molar-refractivity contribution is 1.23. The Bertz CT molecular complexity index is 821. The van der Waals surface area contributed by atoms with Gasteiger partial charge in [-0.05, 0) is 18.2 Å². The smallest absolute Gasteiger partial charge is 0.134 e. The summed E-state index contributed by atoms with van der Waals surface area (Å²) in [6.07, 6.45) is 1.44. The van der Waals surface area contributed by atoms with E-state index >= 15 is 0 Å². The molecule has 1 heterocycles. The number of aromatic nitrogens is 2. The van der Waals surface area contributed by atoms with Crippen LogP contribution in [0.3, 0.4) is 0 Å². The molecule has 2 aromatic carbocycles. The van der Waals surface area contributed by atoms with Crippen LogP contribution in [0.4, 0.5) is 5.82 Å². The molecule has 1 aromatic heterocycles. The minimum absolute atomic E-state index is 0.427. The van der Waals surface area contributed by atoms with Crippen molar-refractivity contribution in [2.75, 3.05) is 5.73 Å². The minimum Gasteiger partial charge on any atom is -0.383 e. The molecule has 3 rings (SSSR count). The van der Waals surface area contributed by atoms with E-state index in [0.717, 1.165) is 26.5 Å². The first-order chi connectivity index (χ1) is 9.58. The summed E-state index contributed by atoms with van der Waals surface area (Å²) < 4.78 is 0.873. The second-order valence-electron chi connectivity index (χ2n) is 4.21. The zero-order chi connectivity index (χ0) is 14.3. The number of anilines is 1. The standard InChI is InChI=1S/C14H8BrCl2N3/c15-7-4-9(8-2-1-3-11(16)12(8)17)13-10(5-7)14(18)20-6-19-13/h1-6H,(H2,18,19,20). The molecule has 0 aliphatic rings. The van der Waals surface area contributed by atoms with Crippen molar-refractivity contribution < 1.29 is 0 Å². The Kier molecular flexibility index (Phi) is 3.54. The van der Waals surface area contributed by atoms with E-state index in [2.05, 4.69) is 25.9 Å². The van der Waals surface area contributed by atoms with E-state index in [-0.39, 0.29) is 0 Å². The fraction of sp³-hybridized carbons (Fsp3) is 0. The van der Waals surface area contributed by atoms with Gasteiger partial charge in [0.25, 0.3) is 0 Å². The number of halogens is 3. The maximum absolute atomic E-state index is 6.30. The van der Waals surface area contributed by atoms with Gasteiger partial charge in [0, 0.05) is 21.0 Å². The highest BCUT2D eigenvalue weighted by Gasteiger charge is 2.13. The highest BCUT2D eigenvalue weighted by atomic mass is 79.9. The number of benzene rings is 2. The van der Waals surface area contributed by atoms with Crippen LogP contribution in [0.15, 0.2) is 41.1 Å². The molecule has 3 aromatic rings. The third kappa shape index (κ3) is 2.24. The second-order valence-corrected chi connectivity index (χ2v) is 5.91. The molecule has 0 fully saturated rings. The quantitative estimate of drug-likeness (QED) is 0.661. The van der Waals surface area contributed by atoms with Crippen molar-refractivity contribution in [3.8, 4) is 11.1 Å². The molecular weight excluding hydrogens is 361 g/mol. The summed E-state index contributed by atoms with van der Waals surface area (Å²) >= 11 is 15.9. The average molecular weight is 369 g/mol. The minimum atomic E-state index is 0.427. The van der Waals surface area contributed by atoms with Gasteiger partial charge in [-0.3, -0.25) is 0 Å². The van der Waals surface area contributed by atoms with Crippen molar-refractivity contribution in [2.45, 2.75) is 0 Å². The topological polar surface area (TPSA) is 51.8 Å². The average Bonchev–Trinajstić information content (AvgIpc) is 2.42. The molecule has 0 aliphatic carbocycles. The van der Waals surface area contributed by atoms with E-state index in [0.29, 0.717) is 15.9 Å². The second kappa shape index (κ2) is 5.20. The molecule has 0 spiro atoms. The van der Waals surface area contributed by atoms with Crippen LogP contribution >= 0.6 is 39.1 Å². The van der Waals surface area contributed by atoms with Crippen LogP contribution in [0.2, 0.25) is 10.0 Å². The molecule has 0 unspecified atom stereocenters. The summed E-state index contributed by atoms with van der Waals surface area (Å²) in [5.74, 6) is 0.427. The third-order valence-corrected chi connectivity index (χ3v) is 4.25. The summed E-state index contributed by atoms with van der Waals surface area (Å²) in [6, 6.07) is 9.31. The van der Waals surface area contributed by atoms with Crippen LogP contribution in [0.5, 0.6) is 0 Å². The first kappa shape index (κ1) is 13.6. The van der Waals surface area contributed by atoms with Gasteiger partial charge in [0.15, 0.2) is 0 Å². The van der Waals surface area contributed by atoms with Gasteiger partial charge in [0.2, 0.25) is 0 Å². The Morgan fingerprint density at radius 3 is 2.65 bits per heavy atom. The lowest BCUT2D eigenvalue weighted by Crippen LogP contribution is -1.95. The largest absolute Gasteiger partial charge is 0.383 e. The van der Waals surface area contributed by atoms with Crippen molar-refractivity contribution in [3.05, 3.63) is 51.2 Å². The summed E-state index contributed by atoms with van der Waals surface area (Å²) in [4.78, 5) is 8.33. The predicted octanol–water partition coefficient (Wildman–Crippen LogP) is 4.95. The Hall–Kier alpha value is -1.36. The molecular formula is C14H8BrCl2N3. The molecule has 2 N–H and O–H groups in total. The summed E-state index contributed by atoms with van der Waals surface area (Å²) in [6.45, 7) is 0. The van der Waals surface area contributed by atoms with Crippen LogP contribution in [0, 0.1) is 0 Å². The van der Waals surface area contributed by atoms with Gasteiger partial charge in [0.05, 0.1) is 15.6 Å². The number of fused-ring (bicyclic) bond motifs is 1. The molecule has 0 saturated carbocycles. The molecule has 0 amide bonds. The molecule has 100 valence electrons. The molecule has 20 heavy (non-hydrogen) atoms. The monoisotopic (exact) mass is 367 g/mol. The first-order valence-electron chi connectivity index (χ1n) is 5.72. The third-order valence-electron chi connectivity index (χ3n) is 2.98. The van der Waals surface area contributed by atoms with Gasteiger partial charge in [-0.25, -0.2) is 9.97 Å². The van der Waals surface area contributed by atoms with Crippen molar-refractivity contribution in [3.63, 3.8) is 0 Å². The lowest BCUT2D eigenvalue weighted by Gasteiger charge is -2.10. The van der Waals surface area contributed by atoms with E-state index in [1.165, 1.54) is 6.33 Å².